The molecule has 1 aromatic carbocycles. The molecule has 0 spiro atoms. The normalized spacial score (nSPS) is 7.79. The second-order valence-electron chi connectivity index (χ2n) is 2.23. The average Bonchev–Trinajstić information content (AvgIpc) is 2.30. The zero-order chi connectivity index (χ0) is 10.8. The Labute approximate surface area is 89.5 Å². The Morgan fingerprint density at radius 3 is 2.07 bits per heavy atom. The van der Waals surface area contributed by atoms with Crippen LogP contribution in [0.4, 0.5) is 0 Å². The molecule has 0 saturated heterocycles. The average molecular weight is 208 g/mol. The van der Waals surface area contributed by atoms with Crippen LogP contribution < -0.4 is 0 Å². The van der Waals surface area contributed by atoms with Crippen molar-refractivity contribution < 1.29 is 8.98 Å². The number of benzene rings is 1. The lowest BCUT2D eigenvalue weighted by molar-refractivity contribution is -0.127. The van der Waals surface area contributed by atoms with E-state index in [2.05, 4.69) is 30.3 Å². The standard InChI is InChI=1S/C8H8.C3H4O2S/c1-2-8-6-4-3-5-7-8;1-2-3(4)5-6/h2-7H,1H2;2,6H,1H2. The van der Waals surface area contributed by atoms with Gasteiger partial charge in [0.2, 0.25) is 0 Å². The summed E-state index contributed by atoms with van der Waals surface area (Å²) in [6.45, 7) is 6.74. The van der Waals surface area contributed by atoms with Gasteiger partial charge in [-0.15, -0.1) is 0 Å². The Bertz CT molecular complexity index is 293. The molecule has 1 rings (SSSR count). The molecule has 3 heteroatoms. The third-order valence-corrected chi connectivity index (χ3v) is 1.47. The molecule has 0 bridgehead atoms. The van der Waals surface area contributed by atoms with Crippen LogP contribution in [0.5, 0.6) is 0 Å². The number of carbonyl (C=O) groups excluding carboxylic acids is 1. The van der Waals surface area contributed by atoms with E-state index in [9.17, 15) is 4.79 Å². The first kappa shape index (κ1) is 12.5. The van der Waals surface area contributed by atoms with Gasteiger partial charge < -0.3 is 4.18 Å². The Hall–Kier alpha value is -1.48. The molecule has 2 nitrogen and oxygen atoms in total. The van der Waals surface area contributed by atoms with E-state index in [1.54, 1.807) is 0 Å². The maximum Gasteiger partial charge on any atom is 0.341 e. The summed E-state index contributed by atoms with van der Waals surface area (Å²) in [5.41, 5.74) is 1.17. The van der Waals surface area contributed by atoms with E-state index >= 15 is 0 Å². The quantitative estimate of drug-likeness (QED) is 0.459. The zero-order valence-electron chi connectivity index (χ0n) is 7.72. The summed E-state index contributed by atoms with van der Waals surface area (Å²) in [6, 6.07) is 10.0. The van der Waals surface area contributed by atoms with Gasteiger partial charge in [0.25, 0.3) is 0 Å². The van der Waals surface area contributed by atoms with Gasteiger partial charge in [0.1, 0.15) is 0 Å². The minimum absolute atomic E-state index is 0.529. The van der Waals surface area contributed by atoms with E-state index in [4.69, 9.17) is 0 Å². The predicted molar refractivity (Wildman–Crippen MR) is 61.8 cm³/mol. The van der Waals surface area contributed by atoms with E-state index in [1.807, 2.05) is 36.4 Å². The highest BCUT2D eigenvalue weighted by Crippen LogP contribution is 1.97. The predicted octanol–water partition coefficient (Wildman–Crippen LogP) is 2.89. The van der Waals surface area contributed by atoms with Crippen molar-refractivity contribution in [3.05, 3.63) is 55.1 Å². The Morgan fingerprint density at radius 2 is 1.86 bits per heavy atom. The maximum atomic E-state index is 9.76. The summed E-state index contributed by atoms with van der Waals surface area (Å²) in [4.78, 5) is 9.76. The Balaban J connectivity index is 0.000000255. The first-order chi connectivity index (χ1) is 6.74. The van der Waals surface area contributed by atoms with Crippen LogP contribution in [-0.2, 0) is 8.98 Å². The molecule has 0 fully saturated rings. The second kappa shape index (κ2) is 8.13. The van der Waals surface area contributed by atoms with Crippen molar-refractivity contribution in [2.45, 2.75) is 0 Å². The lowest BCUT2D eigenvalue weighted by Gasteiger charge is -1.85. The van der Waals surface area contributed by atoms with Crippen LogP contribution in [0.15, 0.2) is 49.6 Å². The summed E-state index contributed by atoms with van der Waals surface area (Å²) >= 11 is 3.17. The third-order valence-electron chi connectivity index (χ3n) is 1.29. The van der Waals surface area contributed by atoms with Gasteiger partial charge in [-0.3, -0.25) is 0 Å². The number of carbonyl (C=O) groups is 1. The Kier molecular flexibility index (Phi) is 7.27. The van der Waals surface area contributed by atoms with E-state index < -0.39 is 5.97 Å². The summed E-state index contributed by atoms with van der Waals surface area (Å²) in [6.07, 6.45) is 2.87. The van der Waals surface area contributed by atoms with Gasteiger partial charge >= 0.3 is 5.97 Å². The van der Waals surface area contributed by atoms with Crippen molar-refractivity contribution in [1.29, 1.82) is 0 Å². The molecule has 1 aromatic rings. The lowest BCUT2D eigenvalue weighted by Crippen LogP contribution is -1.86. The number of thiol groups is 1. The van der Waals surface area contributed by atoms with Gasteiger partial charge in [0.05, 0.1) is 0 Å². The highest BCUT2D eigenvalue weighted by molar-refractivity contribution is 7.75. The molecule has 0 N–H and O–H groups in total. The molecule has 0 atom stereocenters. The van der Waals surface area contributed by atoms with Crippen molar-refractivity contribution in [2.75, 3.05) is 0 Å². The summed E-state index contributed by atoms with van der Waals surface area (Å²) in [5, 5.41) is 0. The van der Waals surface area contributed by atoms with Crippen LogP contribution >= 0.6 is 12.9 Å². The van der Waals surface area contributed by atoms with Gasteiger partial charge in [0, 0.05) is 19.0 Å². The smallest absolute Gasteiger partial charge is 0.341 e. The van der Waals surface area contributed by atoms with Crippen molar-refractivity contribution in [3.8, 4) is 0 Å². The molecule has 0 heterocycles. The van der Waals surface area contributed by atoms with Crippen molar-refractivity contribution >= 4 is 25.0 Å². The maximum absolute atomic E-state index is 9.76. The zero-order valence-corrected chi connectivity index (χ0v) is 8.61. The van der Waals surface area contributed by atoms with Crippen molar-refractivity contribution in [1.82, 2.24) is 0 Å². The van der Waals surface area contributed by atoms with E-state index in [-0.39, 0.29) is 0 Å². The van der Waals surface area contributed by atoms with Crippen molar-refractivity contribution in [3.63, 3.8) is 0 Å². The summed E-state index contributed by atoms with van der Waals surface area (Å²) < 4.78 is 3.84. The van der Waals surface area contributed by atoms with Crippen LogP contribution in [0.3, 0.4) is 0 Å². The van der Waals surface area contributed by atoms with Gasteiger partial charge in [-0.25, -0.2) is 4.79 Å². The fourth-order valence-electron chi connectivity index (χ4n) is 0.626. The SMILES string of the molecule is C=CC(=O)OS.C=Cc1ccccc1. The van der Waals surface area contributed by atoms with Crippen LogP contribution in [0.2, 0.25) is 0 Å². The van der Waals surface area contributed by atoms with Crippen LogP contribution in [0.1, 0.15) is 5.56 Å². The molecule has 0 aliphatic rings. The minimum Gasteiger partial charge on any atom is -0.391 e. The molecule has 0 saturated carbocycles. The number of rotatable bonds is 2. The van der Waals surface area contributed by atoms with Crippen LogP contribution in [0.25, 0.3) is 6.08 Å². The molecular weight excluding hydrogens is 196 g/mol. The molecule has 0 aliphatic carbocycles. The van der Waals surface area contributed by atoms with Gasteiger partial charge in [-0.1, -0.05) is 49.6 Å². The van der Waals surface area contributed by atoms with E-state index in [1.165, 1.54) is 5.56 Å². The number of hydrogen-bond donors (Lipinski definition) is 1. The van der Waals surface area contributed by atoms with Crippen LogP contribution in [0, 0.1) is 0 Å². The molecule has 0 radical (unpaired) electrons. The van der Waals surface area contributed by atoms with Gasteiger partial charge in [0.15, 0.2) is 0 Å². The largest absolute Gasteiger partial charge is 0.391 e. The van der Waals surface area contributed by atoms with Crippen molar-refractivity contribution in [2.24, 2.45) is 0 Å². The van der Waals surface area contributed by atoms with Crippen LogP contribution in [-0.4, -0.2) is 5.97 Å². The van der Waals surface area contributed by atoms with Gasteiger partial charge in [-0.2, -0.15) is 0 Å². The summed E-state index contributed by atoms with van der Waals surface area (Å²) in [7, 11) is 0. The van der Waals surface area contributed by atoms with Gasteiger partial charge in [-0.05, 0) is 5.56 Å². The molecule has 14 heavy (non-hydrogen) atoms. The fourth-order valence-corrected chi connectivity index (χ4v) is 0.701. The molecule has 0 aromatic heterocycles. The summed E-state index contributed by atoms with van der Waals surface area (Å²) in [5.74, 6) is -0.529. The molecule has 0 aliphatic heterocycles. The fraction of sp³-hybridized carbons (Fsp3) is 0. The Morgan fingerprint density at radius 1 is 1.29 bits per heavy atom. The van der Waals surface area contributed by atoms with E-state index in [0.29, 0.717) is 0 Å². The molecular formula is C11H12O2S. The molecule has 0 unspecified atom stereocenters. The first-order valence-electron chi connectivity index (χ1n) is 3.90. The van der Waals surface area contributed by atoms with E-state index in [0.717, 1.165) is 6.08 Å². The number of hydrogen-bond acceptors (Lipinski definition) is 3. The topological polar surface area (TPSA) is 26.3 Å². The highest BCUT2D eigenvalue weighted by Gasteiger charge is 1.83. The molecule has 74 valence electrons. The molecule has 0 amide bonds. The lowest BCUT2D eigenvalue weighted by atomic mass is 10.2. The highest BCUT2D eigenvalue weighted by atomic mass is 32.1. The first-order valence-corrected chi connectivity index (χ1v) is 4.26. The third kappa shape index (κ3) is 6.08. The second-order valence-corrected chi connectivity index (χ2v) is 2.41. The minimum atomic E-state index is -0.529. The monoisotopic (exact) mass is 208 g/mol.